The van der Waals surface area contributed by atoms with Crippen LogP contribution in [-0.4, -0.2) is 108 Å². The number of hydrogen-bond donors (Lipinski definition) is 6. The standard InChI is InChI=1S/C22H46O9/c1-3-5-7-18(20(26)15-24)22(28,19(8-6-4-2)21(27)16-25)17-31-14-13-30-12-11-29-10-9-23/h18-21,23-28H,3-17H2,1-2H3. The van der Waals surface area contributed by atoms with Crippen LogP contribution >= 0.6 is 0 Å². The molecule has 0 amide bonds. The van der Waals surface area contributed by atoms with Gasteiger partial charge in [0.25, 0.3) is 0 Å². The first-order chi connectivity index (χ1) is 14.9. The minimum Gasteiger partial charge on any atom is -0.394 e. The highest BCUT2D eigenvalue weighted by Gasteiger charge is 2.48. The molecule has 0 radical (unpaired) electrons. The second-order valence-corrected chi connectivity index (χ2v) is 7.99. The molecular weight excluding hydrogens is 408 g/mol. The summed E-state index contributed by atoms with van der Waals surface area (Å²) in [5.74, 6) is -1.43. The van der Waals surface area contributed by atoms with Crippen molar-refractivity contribution in [2.45, 2.75) is 70.2 Å². The van der Waals surface area contributed by atoms with Crippen LogP contribution in [0.5, 0.6) is 0 Å². The maximum absolute atomic E-state index is 11.7. The summed E-state index contributed by atoms with van der Waals surface area (Å²) in [7, 11) is 0. The van der Waals surface area contributed by atoms with Crippen LogP contribution in [0.4, 0.5) is 0 Å². The molecular formula is C22H46O9. The van der Waals surface area contributed by atoms with Gasteiger partial charge in [0.15, 0.2) is 0 Å². The van der Waals surface area contributed by atoms with Gasteiger partial charge in [-0.25, -0.2) is 0 Å². The van der Waals surface area contributed by atoms with Crippen molar-refractivity contribution in [2.24, 2.45) is 11.8 Å². The molecule has 188 valence electrons. The number of hydrogen-bond acceptors (Lipinski definition) is 9. The average Bonchev–Trinajstić information content (AvgIpc) is 2.77. The summed E-state index contributed by atoms with van der Waals surface area (Å²) in [6, 6.07) is 0. The van der Waals surface area contributed by atoms with Gasteiger partial charge in [-0.3, -0.25) is 0 Å². The molecule has 0 aromatic carbocycles. The average molecular weight is 455 g/mol. The van der Waals surface area contributed by atoms with Gasteiger partial charge in [-0.1, -0.05) is 39.5 Å². The third kappa shape index (κ3) is 11.9. The van der Waals surface area contributed by atoms with Gasteiger partial charge in [0.1, 0.15) is 0 Å². The first-order valence-corrected chi connectivity index (χ1v) is 11.6. The van der Waals surface area contributed by atoms with E-state index in [0.717, 1.165) is 25.7 Å². The Hall–Kier alpha value is -0.360. The normalized spacial score (nSPS) is 17.8. The van der Waals surface area contributed by atoms with Gasteiger partial charge >= 0.3 is 0 Å². The Kier molecular flexibility index (Phi) is 18.9. The van der Waals surface area contributed by atoms with Crippen molar-refractivity contribution in [3.63, 3.8) is 0 Å². The minimum absolute atomic E-state index is 0.0422. The van der Waals surface area contributed by atoms with Crippen LogP contribution in [0, 0.1) is 11.8 Å². The van der Waals surface area contributed by atoms with E-state index < -0.39 is 42.9 Å². The summed E-state index contributed by atoms with van der Waals surface area (Å²) in [4.78, 5) is 0. The van der Waals surface area contributed by atoms with E-state index in [4.69, 9.17) is 19.3 Å². The molecule has 0 aliphatic carbocycles. The number of aliphatic hydroxyl groups is 6. The molecule has 0 aromatic heterocycles. The second kappa shape index (κ2) is 19.1. The Balaban J connectivity index is 5.21. The predicted molar refractivity (Wildman–Crippen MR) is 117 cm³/mol. The van der Waals surface area contributed by atoms with Crippen molar-refractivity contribution >= 4 is 0 Å². The summed E-state index contributed by atoms with van der Waals surface area (Å²) in [6.45, 7) is 4.18. The summed E-state index contributed by atoms with van der Waals surface area (Å²) < 4.78 is 16.2. The quantitative estimate of drug-likeness (QED) is 0.125. The molecule has 0 saturated heterocycles. The van der Waals surface area contributed by atoms with Gasteiger partial charge in [0.05, 0.1) is 77.3 Å². The van der Waals surface area contributed by atoms with Gasteiger partial charge in [0, 0.05) is 11.8 Å². The highest BCUT2D eigenvalue weighted by atomic mass is 16.5. The summed E-state index contributed by atoms with van der Waals surface area (Å²) in [5.41, 5.74) is -1.63. The van der Waals surface area contributed by atoms with E-state index in [2.05, 4.69) is 0 Å². The second-order valence-electron chi connectivity index (χ2n) is 7.99. The molecule has 6 N–H and O–H groups in total. The molecule has 4 atom stereocenters. The van der Waals surface area contributed by atoms with Crippen LogP contribution in [0.15, 0.2) is 0 Å². The van der Waals surface area contributed by atoms with E-state index in [1.807, 2.05) is 13.8 Å². The van der Waals surface area contributed by atoms with E-state index in [0.29, 0.717) is 26.1 Å². The van der Waals surface area contributed by atoms with E-state index in [1.165, 1.54) is 0 Å². The molecule has 0 saturated carbocycles. The lowest BCUT2D eigenvalue weighted by Gasteiger charge is -2.45. The molecule has 0 bridgehead atoms. The van der Waals surface area contributed by atoms with Crippen molar-refractivity contribution in [1.82, 2.24) is 0 Å². The molecule has 0 rings (SSSR count). The van der Waals surface area contributed by atoms with Crippen molar-refractivity contribution < 1.29 is 44.8 Å². The number of aliphatic hydroxyl groups excluding tert-OH is 5. The Bertz CT molecular complexity index is 375. The SMILES string of the molecule is CCCCC(C(O)CO)C(O)(COCCOCCOCCO)C(CCCC)C(O)CO. The molecule has 0 aliphatic heterocycles. The summed E-state index contributed by atoms with van der Waals surface area (Å²) in [5, 5.41) is 60.5. The molecule has 0 fully saturated rings. The van der Waals surface area contributed by atoms with Gasteiger partial charge in [-0.2, -0.15) is 0 Å². The monoisotopic (exact) mass is 454 g/mol. The van der Waals surface area contributed by atoms with Gasteiger partial charge in [-0.05, 0) is 12.8 Å². The lowest BCUT2D eigenvalue weighted by Crippen LogP contribution is -2.57. The third-order valence-electron chi connectivity index (χ3n) is 5.64. The molecule has 0 spiro atoms. The van der Waals surface area contributed by atoms with Crippen molar-refractivity contribution in [3.05, 3.63) is 0 Å². The van der Waals surface area contributed by atoms with E-state index in [9.17, 15) is 25.5 Å². The van der Waals surface area contributed by atoms with Crippen molar-refractivity contribution in [1.29, 1.82) is 0 Å². The molecule has 9 nitrogen and oxygen atoms in total. The maximum Gasteiger partial charge on any atom is 0.0986 e. The van der Waals surface area contributed by atoms with Crippen molar-refractivity contribution in [2.75, 3.05) is 59.5 Å². The zero-order valence-electron chi connectivity index (χ0n) is 19.3. The highest BCUT2D eigenvalue weighted by molar-refractivity contribution is 4.98. The van der Waals surface area contributed by atoms with E-state index in [-0.39, 0.29) is 33.0 Å². The van der Waals surface area contributed by atoms with Crippen LogP contribution in [0.1, 0.15) is 52.4 Å². The lowest BCUT2D eigenvalue weighted by molar-refractivity contribution is -0.186. The molecule has 0 aliphatic rings. The zero-order valence-corrected chi connectivity index (χ0v) is 19.3. The molecule has 4 unspecified atom stereocenters. The zero-order chi connectivity index (χ0) is 23.5. The van der Waals surface area contributed by atoms with Gasteiger partial charge in [-0.15, -0.1) is 0 Å². The Morgan fingerprint density at radius 1 is 0.677 bits per heavy atom. The number of ether oxygens (including phenoxy) is 3. The lowest BCUT2D eigenvalue weighted by atomic mass is 9.69. The molecule has 0 aromatic rings. The fourth-order valence-electron chi connectivity index (χ4n) is 3.88. The minimum atomic E-state index is -1.63. The number of unbranched alkanes of at least 4 members (excludes halogenated alkanes) is 2. The highest BCUT2D eigenvalue weighted by Crippen LogP contribution is 2.38. The fourth-order valence-corrected chi connectivity index (χ4v) is 3.88. The maximum atomic E-state index is 11.7. The third-order valence-corrected chi connectivity index (χ3v) is 5.64. The summed E-state index contributed by atoms with van der Waals surface area (Å²) >= 11 is 0. The predicted octanol–water partition coefficient (Wildman–Crippen LogP) is 0.0788. The smallest absolute Gasteiger partial charge is 0.0986 e. The summed E-state index contributed by atoms with van der Waals surface area (Å²) in [6.07, 6.45) is 1.73. The van der Waals surface area contributed by atoms with E-state index >= 15 is 0 Å². The Morgan fingerprint density at radius 3 is 1.48 bits per heavy atom. The van der Waals surface area contributed by atoms with Crippen LogP contribution < -0.4 is 0 Å². The van der Waals surface area contributed by atoms with Crippen molar-refractivity contribution in [3.8, 4) is 0 Å². The first-order valence-electron chi connectivity index (χ1n) is 11.6. The van der Waals surface area contributed by atoms with Crippen LogP contribution in [-0.2, 0) is 14.2 Å². The number of rotatable bonds is 22. The molecule has 31 heavy (non-hydrogen) atoms. The fraction of sp³-hybridized carbons (Fsp3) is 1.00. The topological polar surface area (TPSA) is 149 Å². The van der Waals surface area contributed by atoms with Gasteiger partial charge < -0.3 is 44.8 Å². The van der Waals surface area contributed by atoms with Crippen LogP contribution in [0.2, 0.25) is 0 Å². The van der Waals surface area contributed by atoms with Gasteiger partial charge in [0.2, 0.25) is 0 Å². The first kappa shape index (κ1) is 30.6. The largest absolute Gasteiger partial charge is 0.394 e. The molecule has 0 heterocycles. The Labute approximate surface area is 187 Å². The van der Waals surface area contributed by atoms with Crippen LogP contribution in [0.3, 0.4) is 0 Å². The van der Waals surface area contributed by atoms with Crippen LogP contribution in [0.25, 0.3) is 0 Å². The Morgan fingerprint density at radius 2 is 1.10 bits per heavy atom. The molecule has 9 heteroatoms. The van der Waals surface area contributed by atoms with E-state index in [1.54, 1.807) is 0 Å².